The number of carbonyl (C=O) groups is 2. The summed E-state index contributed by atoms with van der Waals surface area (Å²) < 4.78 is 0. The Hall–Kier alpha value is -2.21. The molecule has 2 N–H and O–H groups in total. The fourth-order valence-corrected chi connectivity index (χ4v) is 2.90. The van der Waals surface area contributed by atoms with Crippen molar-refractivity contribution in [2.45, 2.75) is 33.6 Å². The average Bonchev–Trinajstić information content (AvgIpc) is 2.75. The van der Waals surface area contributed by atoms with Crippen LogP contribution < -0.4 is 10.6 Å². The minimum absolute atomic E-state index is 0.0644. The molecule has 0 spiro atoms. The van der Waals surface area contributed by atoms with Gasteiger partial charge in [0.15, 0.2) is 0 Å². The zero-order valence-electron chi connectivity index (χ0n) is 12.9. The van der Waals surface area contributed by atoms with Gasteiger partial charge < -0.3 is 10.6 Å². The monoisotopic (exact) mass is 317 g/mol. The molecule has 2 rings (SSSR count). The Morgan fingerprint density at radius 3 is 2.45 bits per heavy atom. The van der Waals surface area contributed by atoms with Gasteiger partial charge in [0.05, 0.1) is 10.7 Å². The maximum Gasteiger partial charge on any atom is 0.224 e. The SMILES string of the molecule is CC(=O)Nc1cccc(NC(=O)CCc2nc(C)c(C)s2)c1. The quantitative estimate of drug-likeness (QED) is 0.889. The van der Waals surface area contributed by atoms with Crippen LogP contribution in [0.2, 0.25) is 0 Å². The predicted molar refractivity (Wildman–Crippen MR) is 89.3 cm³/mol. The van der Waals surface area contributed by atoms with Crippen LogP contribution in [-0.2, 0) is 16.0 Å². The zero-order chi connectivity index (χ0) is 16.1. The van der Waals surface area contributed by atoms with E-state index in [0.29, 0.717) is 24.2 Å². The first-order valence-electron chi connectivity index (χ1n) is 7.04. The molecule has 2 aromatic rings. The largest absolute Gasteiger partial charge is 0.326 e. The van der Waals surface area contributed by atoms with Crippen LogP contribution >= 0.6 is 11.3 Å². The molecule has 0 aliphatic carbocycles. The second kappa shape index (κ2) is 7.17. The molecule has 5 nitrogen and oxygen atoms in total. The molecule has 0 saturated carbocycles. The topological polar surface area (TPSA) is 71.1 Å². The summed E-state index contributed by atoms with van der Waals surface area (Å²) in [4.78, 5) is 28.6. The van der Waals surface area contributed by atoms with Crippen LogP contribution in [0.25, 0.3) is 0 Å². The Morgan fingerprint density at radius 1 is 1.18 bits per heavy atom. The fraction of sp³-hybridized carbons (Fsp3) is 0.312. The summed E-state index contributed by atoms with van der Waals surface area (Å²) in [5, 5.41) is 6.50. The Kier molecular flexibility index (Phi) is 5.27. The van der Waals surface area contributed by atoms with E-state index in [1.54, 1.807) is 35.6 Å². The summed E-state index contributed by atoms with van der Waals surface area (Å²) in [6, 6.07) is 7.09. The van der Waals surface area contributed by atoms with Crippen LogP contribution in [0, 0.1) is 13.8 Å². The van der Waals surface area contributed by atoms with Gasteiger partial charge >= 0.3 is 0 Å². The first kappa shape index (κ1) is 16.2. The molecule has 2 amide bonds. The lowest BCUT2D eigenvalue weighted by Crippen LogP contribution is -2.13. The highest BCUT2D eigenvalue weighted by molar-refractivity contribution is 7.11. The first-order chi connectivity index (χ1) is 10.4. The van der Waals surface area contributed by atoms with E-state index in [4.69, 9.17) is 0 Å². The number of rotatable bonds is 5. The molecular weight excluding hydrogens is 298 g/mol. The Bertz CT molecular complexity index is 675. The van der Waals surface area contributed by atoms with Crippen molar-refractivity contribution >= 4 is 34.5 Å². The highest BCUT2D eigenvalue weighted by Crippen LogP contribution is 2.19. The fourth-order valence-electron chi connectivity index (χ4n) is 1.97. The third-order valence-corrected chi connectivity index (χ3v) is 4.24. The van der Waals surface area contributed by atoms with E-state index < -0.39 is 0 Å². The van der Waals surface area contributed by atoms with Crippen LogP contribution in [0.1, 0.15) is 28.9 Å². The van der Waals surface area contributed by atoms with Gasteiger partial charge in [-0.1, -0.05) is 6.07 Å². The van der Waals surface area contributed by atoms with Gasteiger partial charge in [0.1, 0.15) is 0 Å². The molecule has 1 aromatic heterocycles. The van der Waals surface area contributed by atoms with Gasteiger partial charge in [-0.15, -0.1) is 11.3 Å². The number of amides is 2. The number of benzene rings is 1. The maximum absolute atomic E-state index is 12.0. The number of carbonyl (C=O) groups excluding carboxylic acids is 2. The van der Waals surface area contributed by atoms with Crippen molar-refractivity contribution in [1.29, 1.82) is 0 Å². The van der Waals surface area contributed by atoms with Crippen molar-refractivity contribution in [3.63, 3.8) is 0 Å². The highest BCUT2D eigenvalue weighted by Gasteiger charge is 2.08. The van der Waals surface area contributed by atoms with Crippen molar-refractivity contribution in [3.8, 4) is 0 Å². The van der Waals surface area contributed by atoms with E-state index in [1.165, 1.54) is 11.8 Å². The normalized spacial score (nSPS) is 10.3. The third kappa shape index (κ3) is 4.66. The number of thiazole rings is 1. The molecule has 0 unspecified atom stereocenters. The summed E-state index contributed by atoms with van der Waals surface area (Å²) in [5.41, 5.74) is 2.36. The lowest BCUT2D eigenvalue weighted by atomic mass is 10.2. The standard InChI is InChI=1S/C16H19N3O2S/c1-10-11(2)22-16(17-10)8-7-15(21)19-14-6-4-5-13(9-14)18-12(3)20/h4-6,9H,7-8H2,1-3H3,(H,18,20)(H,19,21). The van der Waals surface area contributed by atoms with Crippen LogP contribution in [0.5, 0.6) is 0 Å². The molecule has 22 heavy (non-hydrogen) atoms. The third-order valence-electron chi connectivity index (χ3n) is 3.11. The number of aryl methyl sites for hydroxylation is 3. The van der Waals surface area contributed by atoms with E-state index in [9.17, 15) is 9.59 Å². The molecule has 1 aromatic carbocycles. The van der Waals surface area contributed by atoms with Gasteiger partial charge in [-0.3, -0.25) is 9.59 Å². The number of nitrogens with one attached hydrogen (secondary N) is 2. The molecule has 1 heterocycles. The summed E-state index contributed by atoms with van der Waals surface area (Å²) in [6.07, 6.45) is 1.02. The smallest absolute Gasteiger partial charge is 0.224 e. The Labute approximate surface area is 133 Å². The molecule has 0 saturated heterocycles. The molecule has 0 radical (unpaired) electrons. The van der Waals surface area contributed by atoms with Crippen LogP contribution in [0.3, 0.4) is 0 Å². The van der Waals surface area contributed by atoms with Crippen molar-refractivity contribution in [2.75, 3.05) is 10.6 Å². The van der Waals surface area contributed by atoms with Crippen LogP contribution in [-0.4, -0.2) is 16.8 Å². The summed E-state index contributed by atoms with van der Waals surface area (Å²) in [7, 11) is 0. The molecule has 0 atom stereocenters. The van der Waals surface area contributed by atoms with Gasteiger partial charge in [0.25, 0.3) is 0 Å². The van der Waals surface area contributed by atoms with E-state index in [-0.39, 0.29) is 11.8 Å². The molecule has 6 heteroatoms. The van der Waals surface area contributed by atoms with E-state index in [0.717, 1.165) is 10.7 Å². The lowest BCUT2D eigenvalue weighted by molar-refractivity contribution is -0.116. The number of aromatic nitrogens is 1. The molecule has 116 valence electrons. The van der Waals surface area contributed by atoms with E-state index >= 15 is 0 Å². The van der Waals surface area contributed by atoms with E-state index in [2.05, 4.69) is 15.6 Å². The molecule has 0 fully saturated rings. The predicted octanol–water partition coefficient (Wildman–Crippen LogP) is 3.29. The number of hydrogen-bond donors (Lipinski definition) is 2. The highest BCUT2D eigenvalue weighted by atomic mass is 32.1. The van der Waals surface area contributed by atoms with Gasteiger partial charge in [0, 0.05) is 36.0 Å². The summed E-state index contributed by atoms with van der Waals surface area (Å²) >= 11 is 1.63. The minimum Gasteiger partial charge on any atom is -0.326 e. The van der Waals surface area contributed by atoms with Crippen molar-refractivity contribution < 1.29 is 9.59 Å². The van der Waals surface area contributed by atoms with Gasteiger partial charge in [-0.25, -0.2) is 4.98 Å². The van der Waals surface area contributed by atoms with Gasteiger partial charge in [0.2, 0.25) is 11.8 Å². The van der Waals surface area contributed by atoms with Crippen molar-refractivity contribution in [1.82, 2.24) is 4.98 Å². The second-order valence-electron chi connectivity index (χ2n) is 5.06. The van der Waals surface area contributed by atoms with Crippen LogP contribution in [0.15, 0.2) is 24.3 Å². The maximum atomic E-state index is 12.0. The number of hydrogen-bond acceptors (Lipinski definition) is 4. The number of anilines is 2. The first-order valence-corrected chi connectivity index (χ1v) is 7.86. The Balaban J connectivity index is 1.90. The van der Waals surface area contributed by atoms with Gasteiger partial charge in [-0.2, -0.15) is 0 Å². The molecular formula is C16H19N3O2S. The second-order valence-corrected chi connectivity index (χ2v) is 6.35. The Morgan fingerprint density at radius 2 is 1.86 bits per heavy atom. The van der Waals surface area contributed by atoms with Crippen LogP contribution in [0.4, 0.5) is 11.4 Å². The average molecular weight is 317 g/mol. The number of nitrogens with zero attached hydrogens (tertiary/aromatic N) is 1. The van der Waals surface area contributed by atoms with E-state index in [1.807, 2.05) is 13.8 Å². The zero-order valence-corrected chi connectivity index (χ0v) is 13.7. The molecule has 0 bridgehead atoms. The van der Waals surface area contributed by atoms with Crippen molar-refractivity contribution in [2.24, 2.45) is 0 Å². The van der Waals surface area contributed by atoms with Crippen molar-refractivity contribution in [3.05, 3.63) is 39.8 Å². The summed E-state index contributed by atoms with van der Waals surface area (Å²) in [6.45, 7) is 5.45. The summed E-state index contributed by atoms with van der Waals surface area (Å²) in [5.74, 6) is -0.205. The minimum atomic E-state index is -0.141. The lowest BCUT2D eigenvalue weighted by Gasteiger charge is -2.07. The van der Waals surface area contributed by atoms with Gasteiger partial charge in [-0.05, 0) is 32.0 Å². The molecule has 0 aliphatic rings. The molecule has 0 aliphatic heterocycles.